The van der Waals surface area contributed by atoms with Crippen molar-refractivity contribution in [1.29, 1.82) is 0 Å². The van der Waals surface area contributed by atoms with Gasteiger partial charge in [0.25, 0.3) is 0 Å². The summed E-state index contributed by atoms with van der Waals surface area (Å²) in [4.78, 5) is 16.6. The molecule has 0 aliphatic carbocycles. The number of halogens is 4. The van der Waals surface area contributed by atoms with Crippen LogP contribution in [0.15, 0.2) is 48.5 Å². The van der Waals surface area contributed by atoms with Gasteiger partial charge in [0.1, 0.15) is 0 Å². The van der Waals surface area contributed by atoms with Gasteiger partial charge in [0.15, 0.2) is 0 Å². The Bertz CT molecular complexity index is 835. The van der Waals surface area contributed by atoms with E-state index < -0.39 is 23.7 Å². The van der Waals surface area contributed by atoms with Gasteiger partial charge in [-0.25, -0.2) is 0 Å². The minimum absolute atomic E-state index is 0.221. The second-order valence-electron chi connectivity index (χ2n) is 6.68. The summed E-state index contributed by atoms with van der Waals surface area (Å²) in [5, 5.41) is 3.10. The van der Waals surface area contributed by atoms with Gasteiger partial charge in [-0.3, -0.25) is 9.69 Å². The zero-order valence-corrected chi connectivity index (χ0v) is 16.1. The summed E-state index contributed by atoms with van der Waals surface area (Å²) < 4.78 is 39.3. The normalized spacial score (nSPS) is 16.7. The summed E-state index contributed by atoms with van der Waals surface area (Å²) in [5.74, 6) is -0.456. The minimum atomic E-state index is -4.52. The van der Waals surface area contributed by atoms with Crippen molar-refractivity contribution in [3.05, 3.63) is 59.1 Å². The van der Waals surface area contributed by atoms with Crippen molar-refractivity contribution in [2.75, 3.05) is 36.4 Å². The highest BCUT2D eigenvalue weighted by Crippen LogP contribution is 2.34. The number of para-hydroxylation sites is 2. The quantitative estimate of drug-likeness (QED) is 0.804. The Morgan fingerprint density at radius 3 is 2.29 bits per heavy atom. The number of carbonyl (C=O) groups is 1. The van der Waals surface area contributed by atoms with Crippen molar-refractivity contribution in [3.63, 3.8) is 0 Å². The second-order valence-corrected chi connectivity index (χ2v) is 7.09. The first-order valence-electron chi connectivity index (χ1n) is 8.98. The van der Waals surface area contributed by atoms with Gasteiger partial charge in [-0.15, -0.1) is 0 Å². The molecule has 0 bridgehead atoms. The topological polar surface area (TPSA) is 35.6 Å². The van der Waals surface area contributed by atoms with E-state index in [1.807, 2.05) is 29.2 Å². The Kier molecular flexibility index (Phi) is 6.15. The number of hydrogen-bond acceptors (Lipinski definition) is 3. The number of alkyl halides is 3. The number of rotatable bonds is 4. The molecule has 28 heavy (non-hydrogen) atoms. The number of piperazine rings is 1. The Balaban J connectivity index is 1.62. The highest BCUT2D eigenvalue weighted by atomic mass is 35.5. The van der Waals surface area contributed by atoms with Gasteiger partial charge in [-0.05, 0) is 31.2 Å². The molecule has 2 aromatic rings. The highest BCUT2D eigenvalue weighted by molar-refractivity contribution is 6.33. The Hall–Kier alpha value is -2.25. The lowest BCUT2D eigenvalue weighted by atomic mass is 10.1. The van der Waals surface area contributed by atoms with E-state index in [1.165, 1.54) is 18.2 Å². The number of anilines is 2. The monoisotopic (exact) mass is 411 g/mol. The zero-order chi connectivity index (χ0) is 20.3. The summed E-state index contributed by atoms with van der Waals surface area (Å²) in [6, 6.07) is 12.0. The molecule has 3 rings (SSSR count). The van der Waals surface area contributed by atoms with Gasteiger partial charge in [-0.1, -0.05) is 35.9 Å². The number of benzene rings is 2. The lowest BCUT2D eigenvalue weighted by Gasteiger charge is -2.38. The van der Waals surface area contributed by atoms with E-state index in [9.17, 15) is 18.0 Å². The highest BCUT2D eigenvalue weighted by Gasteiger charge is 2.34. The number of amides is 1. The molecule has 1 heterocycles. The summed E-state index contributed by atoms with van der Waals surface area (Å²) in [7, 11) is 0. The first kappa shape index (κ1) is 20.5. The zero-order valence-electron chi connectivity index (χ0n) is 15.3. The maximum Gasteiger partial charge on any atom is 0.418 e. The van der Waals surface area contributed by atoms with E-state index >= 15 is 0 Å². The Morgan fingerprint density at radius 1 is 1.04 bits per heavy atom. The molecule has 1 fully saturated rings. The molecule has 0 unspecified atom stereocenters. The third-order valence-electron chi connectivity index (χ3n) is 4.92. The van der Waals surface area contributed by atoms with E-state index in [-0.39, 0.29) is 5.69 Å². The molecular weight excluding hydrogens is 391 g/mol. The fraction of sp³-hybridized carbons (Fsp3) is 0.350. The summed E-state index contributed by atoms with van der Waals surface area (Å²) >= 11 is 6.24. The molecule has 2 aromatic carbocycles. The molecule has 150 valence electrons. The van der Waals surface area contributed by atoms with Crippen LogP contribution in [0.25, 0.3) is 0 Å². The van der Waals surface area contributed by atoms with Gasteiger partial charge in [0.2, 0.25) is 5.91 Å². The minimum Gasteiger partial charge on any atom is -0.368 e. The maximum absolute atomic E-state index is 13.1. The molecule has 1 aliphatic rings. The smallest absolute Gasteiger partial charge is 0.368 e. The van der Waals surface area contributed by atoms with Crippen LogP contribution >= 0.6 is 11.6 Å². The molecule has 1 atom stereocenters. The number of nitrogens with one attached hydrogen (secondary N) is 1. The predicted molar refractivity (Wildman–Crippen MR) is 105 cm³/mol. The van der Waals surface area contributed by atoms with Crippen molar-refractivity contribution in [3.8, 4) is 0 Å². The van der Waals surface area contributed by atoms with Crippen molar-refractivity contribution in [2.24, 2.45) is 0 Å². The van der Waals surface area contributed by atoms with Crippen molar-refractivity contribution in [2.45, 2.75) is 19.1 Å². The molecule has 0 aromatic heterocycles. The van der Waals surface area contributed by atoms with Gasteiger partial charge < -0.3 is 10.2 Å². The van der Waals surface area contributed by atoms with Gasteiger partial charge >= 0.3 is 6.18 Å². The Morgan fingerprint density at radius 2 is 1.64 bits per heavy atom. The van der Waals surface area contributed by atoms with Crippen LogP contribution in [0.1, 0.15) is 12.5 Å². The van der Waals surface area contributed by atoms with Crippen LogP contribution in [0.2, 0.25) is 5.02 Å². The molecule has 1 N–H and O–H groups in total. The summed E-state index contributed by atoms with van der Waals surface area (Å²) in [5.41, 5.74) is -0.124. The predicted octanol–water partition coefficient (Wildman–Crippen LogP) is 4.51. The SMILES string of the molecule is C[C@H](C(=O)Nc1ccccc1C(F)(F)F)N1CCN(c2ccccc2Cl)CC1. The molecule has 0 saturated carbocycles. The first-order chi connectivity index (χ1) is 13.3. The lowest BCUT2D eigenvalue weighted by Crippen LogP contribution is -2.53. The van der Waals surface area contributed by atoms with Crippen molar-refractivity contribution in [1.82, 2.24) is 4.90 Å². The fourth-order valence-corrected chi connectivity index (χ4v) is 3.56. The maximum atomic E-state index is 13.1. The molecule has 1 saturated heterocycles. The van der Waals surface area contributed by atoms with Crippen LogP contribution in [0.5, 0.6) is 0 Å². The standard InChI is InChI=1S/C20H21ClF3N3O/c1-14(19(28)25-17-8-4-2-6-15(17)20(22,23)24)26-10-12-27(13-11-26)18-9-5-3-7-16(18)21/h2-9,14H,10-13H2,1H3,(H,25,28)/t14-/m1/s1. The van der Waals surface area contributed by atoms with E-state index in [2.05, 4.69) is 10.2 Å². The summed E-state index contributed by atoms with van der Waals surface area (Å²) in [6.45, 7) is 4.29. The number of hydrogen-bond donors (Lipinski definition) is 1. The largest absolute Gasteiger partial charge is 0.418 e. The Labute approximate surface area is 166 Å². The van der Waals surface area contributed by atoms with Crippen LogP contribution in [0, 0.1) is 0 Å². The van der Waals surface area contributed by atoms with Crippen molar-refractivity contribution < 1.29 is 18.0 Å². The molecule has 8 heteroatoms. The average Bonchev–Trinajstić information content (AvgIpc) is 2.67. The van der Waals surface area contributed by atoms with E-state index in [0.717, 1.165) is 11.8 Å². The molecular formula is C20H21ClF3N3O. The van der Waals surface area contributed by atoms with E-state index in [0.29, 0.717) is 31.2 Å². The van der Waals surface area contributed by atoms with Gasteiger partial charge in [-0.2, -0.15) is 13.2 Å². The van der Waals surface area contributed by atoms with Crippen LogP contribution in [0.4, 0.5) is 24.5 Å². The number of carbonyl (C=O) groups excluding carboxylic acids is 1. The fourth-order valence-electron chi connectivity index (χ4n) is 3.30. The first-order valence-corrected chi connectivity index (χ1v) is 9.36. The molecule has 1 amide bonds. The average molecular weight is 412 g/mol. The summed E-state index contributed by atoms with van der Waals surface area (Å²) in [6.07, 6.45) is -4.52. The molecule has 0 spiro atoms. The van der Waals surface area contributed by atoms with Crippen LogP contribution in [-0.2, 0) is 11.0 Å². The van der Waals surface area contributed by atoms with Crippen molar-refractivity contribution >= 4 is 28.9 Å². The van der Waals surface area contributed by atoms with Crippen LogP contribution in [0.3, 0.4) is 0 Å². The second kappa shape index (κ2) is 8.41. The third kappa shape index (κ3) is 4.59. The molecule has 0 radical (unpaired) electrons. The molecule has 1 aliphatic heterocycles. The third-order valence-corrected chi connectivity index (χ3v) is 5.24. The van der Waals surface area contributed by atoms with Crippen LogP contribution < -0.4 is 10.2 Å². The molecule has 4 nitrogen and oxygen atoms in total. The number of nitrogens with zero attached hydrogens (tertiary/aromatic N) is 2. The van der Waals surface area contributed by atoms with Gasteiger partial charge in [0, 0.05) is 26.2 Å². The van der Waals surface area contributed by atoms with Crippen LogP contribution in [-0.4, -0.2) is 43.0 Å². The van der Waals surface area contributed by atoms with E-state index in [4.69, 9.17) is 11.6 Å². The van der Waals surface area contributed by atoms with Gasteiger partial charge in [0.05, 0.1) is 28.0 Å². The van der Waals surface area contributed by atoms with E-state index in [1.54, 1.807) is 6.92 Å². The lowest BCUT2D eigenvalue weighted by molar-refractivity contribution is -0.137.